The van der Waals surface area contributed by atoms with Gasteiger partial charge in [-0.05, 0) is 18.2 Å². The minimum absolute atomic E-state index is 0.0940. The number of carboxylic acid groups (broad SMARTS) is 1. The summed E-state index contributed by atoms with van der Waals surface area (Å²) in [6, 6.07) is 5.96. The van der Waals surface area contributed by atoms with Crippen LogP contribution in [0.25, 0.3) is 0 Å². The fourth-order valence-corrected chi connectivity index (χ4v) is 2.89. The number of hydrogen-bond acceptors (Lipinski definition) is 3. The number of aliphatic carboxylic acids is 1. The highest BCUT2D eigenvalue weighted by molar-refractivity contribution is 6.30. The van der Waals surface area contributed by atoms with Crippen LogP contribution in [-0.4, -0.2) is 51.1 Å². The van der Waals surface area contributed by atoms with Gasteiger partial charge >= 0.3 is 0 Å². The lowest BCUT2D eigenvalue weighted by atomic mass is 10.1. The second-order valence-electron chi connectivity index (χ2n) is 5.75. The van der Waals surface area contributed by atoms with Crippen LogP contribution < -0.4 is 20.2 Å². The molecule has 7 heteroatoms. The van der Waals surface area contributed by atoms with Gasteiger partial charge in [-0.1, -0.05) is 17.7 Å². The van der Waals surface area contributed by atoms with E-state index in [0.29, 0.717) is 10.7 Å². The summed E-state index contributed by atoms with van der Waals surface area (Å²) in [5.41, 5.74) is 0.562. The largest absolute Gasteiger partial charge is 0.544 e. The highest BCUT2D eigenvalue weighted by Gasteiger charge is 2.30. The Balaban J connectivity index is 1.95. The molecule has 1 aliphatic rings. The van der Waals surface area contributed by atoms with Gasteiger partial charge in [-0.3, -0.25) is 4.79 Å². The molecule has 0 aliphatic carbocycles. The zero-order valence-corrected chi connectivity index (χ0v) is 13.3. The van der Waals surface area contributed by atoms with Crippen molar-refractivity contribution in [2.45, 2.75) is 12.5 Å². The smallest absolute Gasteiger partial charge is 0.230 e. The van der Waals surface area contributed by atoms with Crippen molar-refractivity contribution in [3.05, 3.63) is 29.3 Å². The molecule has 1 aromatic rings. The second-order valence-corrected chi connectivity index (χ2v) is 6.19. The van der Waals surface area contributed by atoms with E-state index in [1.54, 1.807) is 24.3 Å². The third-order valence-electron chi connectivity index (χ3n) is 4.02. The van der Waals surface area contributed by atoms with E-state index >= 15 is 0 Å². The van der Waals surface area contributed by atoms with E-state index in [4.69, 9.17) is 11.6 Å². The molecule has 0 aromatic heterocycles. The summed E-state index contributed by atoms with van der Waals surface area (Å²) in [7, 11) is 2.08. The van der Waals surface area contributed by atoms with Crippen LogP contribution in [0.1, 0.15) is 6.42 Å². The first kappa shape index (κ1) is 16.7. The standard InChI is InChI=1S/C15H20ClN3O3/c1-18-5-7-19(8-6-18)13(15(21)22)10-14(20)17-12-4-2-3-11(16)9-12/h2-4,9,13H,5-8,10H2,1H3,(H,17,20)(H,21,22)/p+1/t13-/m0/s1. The number of carboxylic acids is 1. The summed E-state index contributed by atoms with van der Waals surface area (Å²) in [5.74, 6) is -1.51. The fourth-order valence-electron chi connectivity index (χ4n) is 2.70. The number of halogens is 1. The Morgan fingerprint density at radius 1 is 1.32 bits per heavy atom. The molecular weight excluding hydrogens is 306 g/mol. The lowest BCUT2D eigenvalue weighted by molar-refractivity contribution is -1.01. The van der Waals surface area contributed by atoms with Crippen molar-refractivity contribution in [1.82, 2.24) is 0 Å². The molecule has 0 bridgehead atoms. The van der Waals surface area contributed by atoms with Crippen LogP contribution in [-0.2, 0) is 9.59 Å². The van der Waals surface area contributed by atoms with Crippen molar-refractivity contribution in [3.8, 4) is 0 Å². The molecule has 0 radical (unpaired) electrons. The van der Waals surface area contributed by atoms with Gasteiger partial charge in [0.15, 0.2) is 0 Å². The number of nitrogens with one attached hydrogen (secondary N) is 3. The van der Waals surface area contributed by atoms with Crippen molar-refractivity contribution in [1.29, 1.82) is 0 Å². The van der Waals surface area contributed by atoms with E-state index in [9.17, 15) is 14.7 Å². The number of benzene rings is 1. The number of carbonyl (C=O) groups is 2. The van der Waals surface area contributed by atoms with Crippen molar-refractivity contribution >= 4 is 29.2 Å². The van der Waals surface area contributed by atoms with Gasteiger partial charge in [0.25, 0.3) is 0 Å². The maximum absolute atomic E-state index is 12.1. The van der Waals surface area contributed by atoms with Gasteiger partial charge < -0.3 is 25.0 Å². The second kappa shape index (κ2) is 7.58. The molecule has 1 amide bonds. The third-order valence-corrected chi connectivity index (χ3v) is 4.26. The molecule has 0 saturated carbocycles. The molecule has 0 unspecified atom stereocenters. The molecule has 3 N–H and O–H groups in total. The molecule has 1 atom stereocenters. The molecule has 1 heterocycles. The van der Waals surface area contributed by atoms with Crippen LogP contribution >= 0.6 is 11.6 Å². The number of likely N-dealkylation sites (N-methyl/N-ethyl adjacent to an activating group) is 1. The average Bonchev–Trinajstić information content (AvgIpc) is 2.45. The minimum Gasteiger partial charge on any atom is -0.544 e. The minimum atomic E-state index is -1.17. The number of anilines is 1. The summed E-state index contributed by atoms with van der Waals surface area (Å²) in [6.45, 7) is 3.26. The van der Waals surface area contributed by atoms with Gasteiger partial charge in [-0.15, -0.1) is 0 Å². The van der Waals surface area contributed by atoms with Crippen LogP contribution in [0.4, 0.5) is 5.69 Å². The fraction of sp³-hybridized carbons (Fsp3) is 0.467. The third kappa shape index (κ3) is 4.69. The first-order valence-corrected chi connectivity index (χ1v) is 7.75. The average molecular weight is 327 g/mol. The normalized spacial score (nSPS) is 22.8. The maximum Gasteiger partial charge on any atom is 0.230 e. The predicted molar refractivity (Wildman–Crippen MR) is 80.8 cm³/mol. The Morgan fingerprint density at radius 3 is 2.59 bits per heavy atom. The van der Waals surface area contributed by atoms with Gasteiger partial charge in [0, 0.05) is 10.7 Å². The molecule has 22 heavy (non-hydrogen) atoms. The molecule has 1 fully saturated rings. The van der Waals surface area contributed by atoms with Gasteiger partial charge in [0.2, 0.25) is 5.91 Å². The molecule has 6 nitrogen and oxygen atoms in total. The lowest BCUT2D eigenvalue weighted by Crippen LogP contribution is -3.29. The summed E-state index contributed by atoms with van der Waals surface area (Å²) < 4.78 is 0. The Hall–Kier alpha value is -1.63. The summed E-state index contributed by atoms with van der Waals surface area (Å²) >= 11 is 5.86. The van der Waals surface area contributed by atoms with Crippen LogP contribution in [0, 0.1) is 0 Å². The predicted octanol–water partition coefficient (Wildman–Crippen LogP) is -2.80. The van der Waals surface area contributed by atoms with Crippen LogP contribution in [0.3, 0.4) is 0 Å². The van der Waals surface area contributed by atoms with E-state index in [0.717, 1.165) is 31.1 Å². The summed E-state index contributed by atoms with van der Waals surface area (Å²) in [4.78, 5) is 25.8. The summed E-state index contributed by atoms with van der Waals surface area (Å²) in [6.07, 6.45) is -0.0940. The van der Waals surface area contributed by atoms with Gasteiger partial charge in [-0.25, -0.2) is 0 Å². The molecule has 0 spiro atoms. The van der Waals surface area contributed by atoms with Crippen molar-refractivity contribution in [3.63, 3.8) is 0 Å². The van der Waals surface area contributed by atoms with Crippen LogP contribution in [0.5, 0.6) is 0 Å². The highest BCUT2D eigenvalue weighted by atomic mass is 35.5. The highest BCUT2D eigenvalue weighted by Crippen LogP contribution is 2.15. The molecule has 1 saturated heterocycles. The first-order valence-electron chi connectivity index (χ1n) is 7.38. The monoisotopic (exact) mass is 326 g/mol. The zero-order chi connectivity index (χ0) is 16.1. The molecule has 120 valence electrons. The molecule has 1 aliphatic heterocycles. The van der Waals surface area contributed by atoms with E-state index in [2.05, 4.69) is 12.4 Å². The Morgan fingerprint density at radius 2 is 2.00 bits per heavy atom. The SMILES string of the molecule is C[NH+]1CC[NH+]([C@@H](CC(=O)Nc2cccc(Cl)c2)C(=O)[O-])CC1. The van der Waals surface area contributed by atoms with E-state index in [-0.39, 0.29) is 12.3 Å². The van der Waals surface area contributed by atoms with Crippen molar-refractivity contribution in [2.24, 2.45) is 0 Å². The molecule has 2 rings (SSSR count). The first-order chi connectivity index (χ1) is 10.5. The number of quaternary nitrogens is 2. The molecule has 1 aromatic carbocycles. The van der Waals surface area contributed by atoms with E-state index in [1.165, 1.54) is 4.90 Å². The van der Waals surface area contributed by atoms with E-state index in [1.807, 2.05) is 0 Å². The van der Waals surface area contributed by atoms with E-state index < -0.39 is 12.0 Å². The quantitative estimate of drug-likeness (QED) is 0.547. The number of rotatable bonds is 5. The number of carbonyl (C=O) groups excluding carboxylic acids is 2. The van der Waals surface area contributed by atoms with Gasteiger partial charge in [0.1, 0.15) is 32.2 Å². The zero-order valence-electron chi connectivity index (χ0n) is 12.5. The lowest BCUT2D eigenvalue weighted by Gasteiger charge is -2.33. The number of hydrogen-bond donors (Lipinski definition) is 3. The maximum atomic E-state index is 12.1. The summed E-state index contributed by atoms with van der Waals surface area (Å²) in [5, 5.41) is 14.6. The Labute approximate surface area is 134 Å². The van der Waals surface area contributed by atoms with Crippen LogP contribution in [0.15, 0.2) is 24.3 Å². The Kier molecular flexibility index (Phi) is 5.76. The topological polar surface area (TPSA) is 78.1 Å². The van der Waals surface area contributed by atoms with Gasteiger partial charge in [-0.2, -0.15) is 0 Å². The van der Waals surface area contributed by atoms with Gasteiger partial charge in [0.05, 0.1) is 19.4 Å². The number of amides is 1. The van der Waals surface area contributed by atoms with Crippen LogP contribution in [0.2, 0.25) is 5.02 Å². The molecular formula is C15H21ClN3O3+. The van der Waals surface area contributed by atoms with Crippen molar-refractivity contribution in [2.75, 3.05) is 38.5 Å². The number of piperazine rings is 1. The van der Waals surface area contributed by atoms with Crippen molar-refractivity contribution < 1.29 is 24.5 Å². The Bertz CT molecular complexity index is 545.